The normalized spacial score (nSPS) is 15.1. The second-order valence-corrected chi connectivity index (χ2v) is 3.17. The molecule has 0 aliphatic heterocycles. The Morgan fingerprint density at radius 2 is 2.09 bits per heavy atom. The Hall–Kier alpha value is -0.300. The largest absolute Gasteiger partial charge is 0.327 e. The van der Waals surface area contributed by atoms with Crippen molar-refractivity contribution in [2.24, 2.45) is 11.7 Å². The van der Waals surface area contributed by atoms with Gasteiger partial charge in [-0.2, -0.15) is 0 Å². The molecule has 1 nitrogen and oxygen atoms in total. The molecule has 0 aliphatic rings. The lowest BCUT2D eigenvalue weighted by molar-refractivity contribution is 0.549. The minimum atomic E-state index is 0.694. The zero-order valence-corrected chi connectivity index (χ0v) is 8.06. The van der Waals surface area contributed by atoms with Crippen LogP contribution in [0.2, 0.25) is 0 Å². The first kappa shape index (κ1) is 10.7. The molecule has 0 rings (SSSR count). The Balaban J connectivity index is 3.77. The van der Waals surface area contributed by atoms with Gasteiger partial charge in [-0.3, -0.25) is 0 Å². The number of hydrogen-bond acceptors (Lipinski definition) is 1. The van der Waals surface area contributed by atoms with E-state index in [9.17, 15) is 0 Å². The summed E-state index contributed by atoms with van der Waals surface area (Å²) >= 11 is 0. The van der Waals surface area contributed by atoms with Crippen molar-refractivity contribution in [1.29, 1.82) is 0 Å². The second kappa shape index (κ2) is 6.41. The van der Waals surface area contributed by atoms with Crippen LogP contribution in [0, 0.1) is 5.92 Å². The molecule has 0 aromatic heterocycles. The summed E-state index contributed by atoms with van der Waals surface area (Å²) in [6, 6.07) is 0. The topological polar surface area (TPSA) is 26.0 Å². The van der Waals surface area contributed by atoms with Crippen LogP contribution < -0.4 is 5.73 Å². The maximum absolute atomic E-state index is 5.45. The Morgan fingerprint density at radius 1 is 1.45 bits per heavy atom. The first-order chi connectivity index (χ1) is 5.24. The first-order valence-corrected chi connectivity index (χ1v) is 4.62. The Labute approximate surface area is 70.7 Å². The third kappa shape index (κ3) is 5.02. The number of rotatable bonds is 5. The average Bonchev–Trinajstić information content (AvgIpc) is 2.03. The highest BCUT2D eigenvalue weighted by molar-refractivity contribution is 5.02. The van der Waals surface area contributed by atoms with E-state index in [0.717, 1.165) is 12.3 Å². The van der Waals surface area contributed by atoms with E-state index in [1.807, 2.05) is 0 Å². The van der Waals surface area contributed by atoms with E-state index in [1.54, 1.807) is 0 Å². The third-order valence-corrected chi connectivity index (χ3v) is 2.17. The van der Waals surface area contributed by atoms with Gasteiger partial charge in [0.05, 0.1) is 0 Å². The van der Waals surface area contributed by atoms with Crippen molar-refractivity contribution in [2.45, 2.75) is 40.0 Å². The fourth-order valence-electron chi connectivity index (χ4n) is 1.13. The van der Waals surface area contributed by atoms with E-state index in [2.05, 4.69) is 26.8 Å². The van der Waals surface area contributed by atoms with Crippen LogP contribution in [-0.2, 0) is 0 Å². The molecule has 0 aliphatic carbocycles. The molecule has 2 N–H and O–H groups in total. The lowest BCUT2D eigenvalue weighted by atomic mass is 9.97. The molecule has 0 spiro atoms. The van der Waals surface area contributed by atoms with E-state index in [1.165, 1.54) is 18.4 Å². The van der Waals surface area contributed by atoms with Gasteiger partial charge >= 0.3 is 0 Å². The van der Waals surface area contributed by atoms with Crippen LogP contribution in [0.1, 0.15) is 40.0 Å². The summed E-state index contributed by atoms with van der Waals surface area (Å²) in [4.78, 5) is 0. The van der Waals surface area contributed by atoms with Gasteiger partial charge in [0.15, 0.2) is 0 Å². The van der Waals surface area contributed by atoms with Gasteiger partial charge in [-0.15, -0.1) is 0 Å². The number of allylic oxidation sites excluding steroid dienone is 1. The Bertz CT molecular complexity index is 116. The molecule has 1 unspecified atom stereocenters. The number of nitrogens with two attached hydrogens (primary N) is 1. The molecule has 0 fully saturated rings. The minimum Gasteiger partial charge on any atom is -0.327 e. The van der Waals surface area contributed by atoms with E-state index >= 15 is 0 Å². The van der Waals surface area contributed by atoms with Gasteiger partial charge in [-0.25, -0.2) is 0 Å². The van der Waals surface area contributed by atoms with Crippen LogP contribution >= 0.6 is 0 Å². The molecule has 1 heteroatoms. The highest BCUT2D eigenvalue weighted by Crippen LogP contribution is 2.16. The molecule has 11 heavy (non-hydrogen) atoms. The van der Waals surface area contributed by atoms with Gasteiger partial charge in [0.1, 0.15) is 0 Å². The molecule has 0 radical (unpaired) electrons. The molecule has 66 valence electrons. The highest BCUT2D eigenvalue weighted by Gasteiger charge is 2.00. The second-order valence-electron chi connectivity index (χ2n) is 3.17. The predicted octanol–water partition coefficient (Wildman–Crippen LogP) is 2.72. The maximum atomic E-state index is 5.45. The predicted molar refractivity (Wildman–Crippen MR) is 51.5 cm³/mol. The van der Waals surface area contributed by atoms with Gasteiger partial charge in [-0.05, 0) is 18.8 Å². The lowest BCUT2D eigenvalue weighted by Crippen LogP contribution is -1.99. The molecule has 0 heterocycles. The minimum absolute atomic E-state index is 0.694. The van der Waals surface area contributed by atoms with Gasteiger partial charge in [-0.1, -0.05) is 38.8 Å². The zero-order valence-electron chi connectivity index (χ0n) is 8.06. The van der Waals surface area contributed by atoms with E-state index in [0.29, 0.717) is 6.54 Å². The van der Waals surface area contributed by atoms with Gasteiger partial charge in [0.25, 0.3) is 0 Å². The molecule has 0 aromatic carbocycles. The van der Waals surface area contributed by atoms with Crippen LogP contribution in [0.5, 0.6) is 0 Å². The van der Waals surface area contributed by atoms with Crippen LogP contribution in [0.15, 0.2) is 11.6 Å². The SMILES string of the molecule is CCC(=CCN)CC(C)CC. The van der Waals surface area contributed by atoms with Crippen LogP contribution in [0.25, 0.3) is 0 Å². The molecule has 0 aromatic rings. The quantitative estimate of drug-likeness (QED) is 0.607. The van der Waals surface area contributed by atoms with E-state index < -0.39 is 0 Å². The van der Waals surface area contributed by atoms with Crippen molar-refractivity contribution in [2.75, 3.05) is 6.54 Å². The zero-order chi connectivity index (χ0) is 8.69. The van der Waals surface area contributed by atoms with Crippen LogP contribution in [0.4, 0.5) is 0 Å². The van der Waals surface area contributed by atoms with Crippen molar-refractivity contribution in [3.05, 3.63) is 11.6 Å². The fourth-order valence-corrected chi connectivity index (χ4v) is 1.13. The summed E-state index contributed by atoms with van der Waals surface area (Å²) < 4.78 is 0. The summed E-state index contributed by atoms with van der Waals surface area (Å²) in [6.45, 7) is 7.42. The molecule has 0 saturated heterocycles. The fraction of sp³-hybridized carbons (Fsp3) is 0.800. The monoisotopic (exact) mass is 155 g/mol. The van der Waals surface area contributed by atoms with Crippen molar-refractivity contribution in [1.82, 2.24) is 0 Å². The molecular formula is C10H21N. The van der Waals surface area contributed by atoms with Crippen LogP contribution in [-0.4, -0.2) is 6.54 Å². The van der Waals surface area contributed by atoms with Crippen molar-refractivity contribution in [3.63, 3.8) is 0 Å². The summed E-state index contributed by atoms with van der Waals surface area (Å²) in [7, 11) is 0. The summed E-state index contributed by atoms with van der Waals surface area (Å²) in [6.07, 6.45) is 5.81. The average molecular weight is 155 g/mol. The highest BCUT2D eigenvalue weighted by atomic mass is 14.5. The maximum Gasteiger partial charge on any atom is 0.0109 e. The smallest absolute Gasteiger partial charge is 0.0109 e. The van der Waals surface area contributed by atoms with Gasteiger partial charge < -0.3 is 5.73 Å². The van der Waals surface area contributed by atoms with E-state index in [4.69, 9.17) is 5.73 Å². The summed E-state index contributed by atoms with van der Waals surface area (Å²) in [5.41, 5.74) is 6.96. The Morgan fingerprint density at radius 3 is 2.45 bits per heavy atom. The Kier molecular flexibility index (Phi) is 6.24. The van der Waals surface area contributed by atoms with Crippen LogP contribution in [0.3, 0.4) is 0 Å². The van der Waals surface area contributed by atoms with Crippen molar-refractivity contribution in [3.8, 4) is 0 Å². The standard InChI is InChI=1S/C10H21N/c1-4-9(3)8-10(5-2)6-7-11/h6,9H,4-5,7-8,11H2,1-3H3. The summed E-state index contributed by atoms with van der Waals surface area (Å²) in [5, 5.41) is 0. The molecule has 0 amide bonds. The lowest BCUT2D eigenvalue weighted by Gasteiger charge is -2.09. The van der Waals surface area contributed by atoms with Crippen molar-refractivity contribution >= 4 is 0 Å². The first-order valence-electron chi connectivity index (χ1n) is 4.62. The van der Waals surface area contributed by atoms with Gasteiger partial charge in [0.2, 0.25) is 0 Å². The summed E-state index contributed by atoms with van der Waals surface area (Å²) in [5.74, 6) is 0.813. The van der Waals surface area contributed by atoms with Crippen molar-refractivity contribution < 1.29 is 0 Å². The number of hydrogen-bond donors (Lipinski definition) is 1. The third-order valence-electron chi connectivity index (χ3n) is 2.17. The molecule has 0 bridgehead atoms. The van der Waals surface area contributed by atoms with E-state index in [-0.39, 0.29) is 0 Å². The molecule has 1 atom stereocenters. The molecular weight excluding hydrogens is 134 g/mol. The molecule has 0 saturated carbocycles. The van der Waals surface area contributed by atoms with Gasteiger partial charge in [0, 0.05) is 6.54 Å².